The fourth-order valence-electron chi connectivity index (χ4n) is 8.96. The predicted molar refractivity (Wildman–Crippen MR) is 261 cm³/mol. The molecule has 2 nitrogen and oxygen atoms in total. The van der Waals surface area contributed by atoms with Gasteiger partial charge in [-0.2, -0.15) is 0 Å². The number of hydrogen-bond donors (Lipinski definition) is 0. The molecule has 10 aromatic carbocycles. The fourth-order valence-corrected chi connectivity index (χ4v) is 8.96. The number of nitrogens with zero attached hydrogens (tertiary/aromatic N) is 1. The summed E-state index contributed by atoms with van der Waals surface area (Å²) in [4.78, 5) is 2.36. The molecule has 0 aliphatic rings. The standard InChI is InChI=1S/C60H41NO/c1-3-16-42(17-4-1)43-30-32-44(33-31-43)45-34-38-48(39-35-45)61(57-27-15-29-59-60(57)56-26-13-14-28-58(56)62-59)49-40-36-47(37-41-49)51-21-8-10-23-53(51)55-25-12-11-24-54(55)52-22-9-7-20-50(52)46-18-5-2-6-19-46/h1-41H. The number of furan rings is 1. The first-order valence-corrected chi connectivity index (χ1v) is 21.2. The third-order valence-corrected chi connectivity index (χ3v) is 12.0. The lowest BCUT2D eigenvalue weighted by atomic mass is 9.87. The molecule has 0 bridgehead atoms. The van der Waals surface area contributed by atoms with Gasteiger partial charge in [0, 0.05) is 16.8 Å². The summed E-state index contributed by atoms with van der Waals surface area (Å²) < 4.78 is 6.41. The number of para-hydroxylation sites is 1. The van der Waals surface area contributed by atoms with E-state index in [0.29, 0.717) is 0 Å². The van der Waals surface area contributed by atoms with E-state index >= 15 is 0 Å². The van der Waals surface area contributed by atoms with Crippen LogP contribution in [0, 0.1) is 0 Å². The van der Waals surface area contributed by atoms with Gasteiger partial charge < -0.3 is 9.32 Å². The zero-order valence-electron chi connectivity index (χ0n) is 34.0. The maximum absolute atomic E-state index is 6.41. The van der Waals surface area contributed by atoms with Crippen molar-refractivity contribution in [3.63, 3.8) is 0 Å². The summed E-state index contributed by atoms with van der Waals surface area (Å²) in [6.45, 7) is 0. The first-order chi connectivity index (χ1) is 30.8. The molecule has 0 aliphatic carbocycles. The lowest BCUT2D eigenvalue weighted by Crippen LogP contribution is -2.10. The Labute approximate surface area is 362 Å². The Balaban J connectivity index is 0.995. The van der Waals surface area contributed by atoms with Gasteiger partial charge in [-0.25, -0.2) is 0 Å². The van der Waals surface area contributed by atoms with Crippen molar-refractivity contribution >= 4 is 39.0 Å². The van der Waals surface area contributed by atoms with Gasteiger partial charge in [-0.1, -0.05) is 206 Å². The zero-order valence-corrected chi connectivity index (χ0v) is 34.0. The normalized spacial score (nSPS) is 11.2. The second-order valence-electron chi connectivity index (χ2n) is 15.6. The van der Waals surface area contributed by atoms with E-state index in [2.05, 4.69) is 241 Å². The molecular formula is C60H41NO. The van der Waals surface area contributed by atoms with E-state index in [1.165, 1.54) is 61.2 Å². The van der Waals surface area contributed by atoms with E-state index in [1.807, 2.05) is 12.1 Å². The first kappa shape index (κ1) is 36.8. The number of fused-ring (bicyclic) bond motifs is 3. The van der Waals surface area contributed by atoms with E-state index in [0.717, 1.165) is 44.6 Å². The van der Waals surface area contributed by atoms with Gasteiger partial charge in [-0.15, -0.1) is 0 Å². The second-order valence-corrected chi connectivity index (χ2v) is 15.6. The summed E-state index contributed by atoms with van der Waals surface area (Å²) in [5.41, 5.74) is 19.3. The molecular weight excluding hydrogens is 751 g/mol. The number of rotatable bonds is 9. The van der Waals surface area contributed by atoms with Gasteiger partial charge in [0.05, 0.1) is 11.1 Å². The van der Waals surface area contributed by atoms with Crippen molar-refractivity contribution in [3.8, 4) is 66.8 Å². The molecule has 0 unspecified atom stereocenters. The van der Waals surface area contributed by atoms with E-state index in [1.54, 1.807) is 0 Å². The summed E-state index contributed by atoms with van der Waals surface area (Å²) in [7, 11) is 0. The Kier molecular flexibility index (Phi) is 9.57. The average Bonchev–Trinajstić information content (AvgIpc) is 3.75. The summed E-state index contributed by atoms with van der Waals surface area (Å²) in [5, 5.41) is 2.18. The minimum absolute atomic E-state index is 0.863. The van der Waals surface area contributed by atoms with Crippen LogP contribution in [-0.2, 0) is 0 Å². The monoisotopic (exact) mass is 791 g/mol. The molecule has 0 atom stereocenters. The van der Waals surface area contributed by atoms with Crippen LogP contribution in [0.3, 0.4) is 0 Å². The highest BCUT2D eigenvalue weighted by molar-refractivity contribution is 6.13. The molecule has 11 aromatic rings. The van der Waals surface area contributed by atoms with Crippen LogP contribution in [0.25, 0.3) is 88.7 Å². The van der Waals surface area contributed by atoms with Crippen LogP contribution in [0.5, 0.6) is 0 Å². The molecule has 1 heterocycles. The smallest absolute Gasteiger partial charge is 0.137 e. The van der Waals surface area contributed by atoms with Gasteiger partial charge in [0.15, 0.2) is 0 Å². The Morgan fingerprint density at radius 2 is 0.597 bits per heavy atom. The molecule has 0 saturated heterocycles. The quantitative estimate of drug-likeness (QED) is 0.145. The fraction of sp³-hybridized carbons (Fsp3) is 0. The molecule has 62 heavy (non-hydrogen) atoms. The first-order valence-electron chi connectivity index (χ1n) is 21.2. The van der Waals surface area contributed by atoms with Gasteiger partial charge in [0.2, 0.25) is 0 Å². The lowest BCUT2D eigenvalue weighted by Gasteiger charge is -2.27. The summed E-state index contributed by atoms with van der Waals surface area (Å²) in [5.74, 6) is 0. The van der Waals surface area contributed by atoms with Gasteiger partial charge in [-0.3, -0.25) is 0 Å². The summed E-state index contributed by atoms with van der Waals surface area (Å²) >= 11 is 0. The van der Waals surface area contributed by atoms with Crippen LogP contribution < -0.4 is 4.90 Å². The maximum Gasteiger partial charge on any atom is 0.137 e. The second kappa shape index (κ2) is 16.1. The summed E-state index contributed by atoms with van der Waals surface area (Å²) in [6, 6.07) is 89.0. The molecule has 0 N–H and O–H groups in total. The zero-order chi connectivity index (χ0) is 41.2. The third-order valence-electron chi connectivity index (χ3n) is 12.0. The molecule has 0 amide bonds. The SMILES string of the molecule is c1ccc(-c2ccc(-c3ccc(N(c4ccc(-c5ccccc5-c5ccccc5-c5ccccc5-c5ccccc5)cc4)c4cccc5oc6ccccc6c45)cc3)cc2)cc1. The van der Waals surface area contributed by atoms with E-state index in [-0.39, 0.29) is 0 Å². The number of anilines is 3. The molecule has 2 heteroatoms. The van der Waals surface area contributed by atoms with Crippen LogP contribution in [0.4, 0.5) is 17.1 Å². The van der Waals surface area contributed by atoms with Crippen molar-refractivity contribution in [2.45, 2.75) is 0 Å². The van der Waals surface area contributed by atoms with Crippen molar-refractivity contribution in [1.29, 1.82) is 0 Å². The topological polar surface area (TPSA) is 16.4 Å². The number of hydrogen-bond acceptors (Lipinski definition) is 2. The highest BCUT2D eigenvalue weighted by atomic mass is 16.3. The van der Waals surface area contributed by atoms with Crippen molar-refractivity contribution in [3.05, 3.63) is 249 Å². The molecule has 292 valence electrons. The Bertz CT molecular complexity index is 3310. The number of benzene rings is 10. The molecule has 11 rings (SSSR count). The Hall–Kier alpha value is -8.20. The van der Waals surface area contributed by atoms with Crippen molar-refractivity contribution < 1.29 is 4.42 Å². The molecule has 0 saturated carbocycles. The van der Waals surface area contributed by atoms with Gasteiger partial charge >= 0.3 is 0 Å². The molecule has 0 spiro atoms. The lowest BCUT2D eigenvalue weighted by molar-refractivity contribution is 0.669. The van der Waals surface area contributed by atoms with Gasteiger partial charge in [0.1, 0.15) is 11.2 Å². The minimum atomic E-state index is 0.863. The van der Waals surface area contributed by atoms with Gasteiger partial charge in [-0.05, 0) is 109 Å². The van der Waals surface area contributed by atoms with Crippen molar-refractivity contribution in [1.82, 2.24) is 0 Å². The van der Waals surface area contributed by atoms with Crippen molar-refractivity contribution in [2.24, 2.45) is 0 Å². The molecule has 0 aliphatic heterocycles. The van der Waals surface area contributed by atoms with Crippen LogP contribution in [0.2, 0.25) is 0 Å². The highest BCUT2D eigenvalue weighted by Gasteiger charge is 2.21. The molecule has 1 aromatic heterocycles. The third kappa shape index (κ3) is 6.84. The summed E-state index contributed by atoms with van der Waals surface area (Å²) in [6.07, 6.45) is 0. The van der Waals surface area contributed by atoms with Crippen LogP contribution in [0.15, 0.2) is 253 Å². The van der Waals surface area contributed by atoms with Crippen LogP contribution in [-0.4, -0.2) is 0 Å². The minimum Gasteiger partial charge on any atom is -0.456 e. The molecule has 0 radical (unpaired) electrons. The molecule has 0 fully saturated rings. The van der Waals surface area contributed by atoms with Gasteiger partial charge in [0.25, 0.3) is 0 Å². The van der Waals surface area contributed by atoms with E-state index in [4.69, 9.17) is 4.42 Å². The Morgan fingerprint density at radius 1 is 0.242 bits per heavy atom. The maximum atomic E-state index is 6.41. The van der Waals surface area contributed by atoms with Crippen LogP contribution in [0.1, 0.15) is 0 Å². The van der Waals surface area contributed by atoms with E-state index in [9.17, 15) is 0 Å². The highest BCUT2D eigenvalue weighted by Crippen LogP contribution is 2.45. The van der Waals surface area contributed by atoms with Crippen molar-refractivity contribution in [2.75, 3.05) is 4.90 Å². The average molecular weight is 792 g/mol. The van der Waals surface area contributed by atoms with Crippen LogP contribution >= 0.6 is 0 Å². The van der Waals surface area contributed by atoms with E-state index < -0.39 is 0 Å². The Morgan fingerprint density at radius 3 is 1.13 bits per heavy atom. The predicted octanol–water partition coefficient (Wildman–Crippen LogP) is 17.1. The largest absolute Gasteiger partial charge is 0.456 e.